The van der Waals surface area contributed by atoms with E-state index in [4.69, 9.17) is 4.74 Å². The Balaban J connectivity index is 2.71. The van der Waals surface area contributed by atoms with Gasteiger partial charge in [-0.1, -0.05) is 41.4 Å². The van der Waals surface area contributed by atoms with Gasteiger partial charge in [0.1, 0.15) is 5.75 Å². The molecule has 1 aromatic rings. The van der Waals surface area contributed by atoms with Gasteiger partial charge in [-0.2, -0.15) is 0 Å². The number of hydrogen-bond donors (Lipinski definition) is 0. The Bertz CT molecular complexity index is 310. The molecule has 0 bridgehead atoms. The maximum Gasteiger partial charge on any atom is 0.122 e. The molecule has 16 heavy (non-hydrogen) atoms. The first kappa shape index (κ1) is 13.6. The lowest BCUT2D eigenvalue weighted by Crippen LogP contribution is -1.95. The molecule has 0 atom stereocenters. The summed E-state index contributed by atoms with van der Waals surface area (Å²) >= 11 is 3.46. The summed E-state index contributed by atoms with van der Waals surface area (Å²) in [5.41, 5.74) is 2.71. The molecule has 2 heteroatoms. The van der Waals surface area contributed by atoms with E-state index in [1.54, 1.807) is 7.11 Å². The van der Waals surface area contributed by atoms with E-state index in [0.29, 0.717) is 0 Å². The number of aryl methyl sites for hydroxylation is 2. The topological polar surface area (TPSA) is 9.23 Å². The Labute approximate surface area is 107 Å². The normalized spacial score (nSPS) is 10.4. The van der Waals surface area contributed by atoms with Crippen LogP contribution in [-0.2, 0) is 12.8 Å². The Morgan fingerprint density at radius 1 is 1.19 bits per heavy atom. The van der Waals surface area contributed by atoms with Crippen LogP contribution in [0.1, 0.15) is 37.3 Å². The highest BCUT2D eigenvalue weighted by atomic mass is 79.9. The number of alkyl halides is 1. The molecule has 90 valence electrons. The Hall–Kier alpha value is -0.500. The summed E-state index contributed by atoms with van der Waals surface area (Å²) in [6.07, 6.45) is 5.90. The van der Waals surface area contributed by atoms with E-state index in [9.17, 15) is 0 Å². The largest absolute Gasteiger partial charge is 0.496 e. The fourth-order valence-corrected chi connectivity index (χ4v) is 2.07. The van der Waals surface area contributed by atoms with Crippen molar-refractivity contribution in [1.29, 1.82) is 0 Å². The third kappa shape index (κ3) is 4.17. The van der Waals surface area contributed by atoms with Crippen LogP contribution in [-0.4, -0.2) is 12.4 Å². The average molecular weight is 285 g/mol. The second kappa shape index (κ2) is 7.72. The maximum absolute atomic E-state index is 5.45. The smallest absolute Gasteiger partial charge is 0.122 e. The third-order valence-corrected chi connectivity index (χ3v) is 3.31. The van der Waals surface area contributed by atoms with Crippen LogP contribution in [0.4, 0.5) is 0 Å². The molecule has 0 aliphatic rings. The predicted octanol–water partition coefficient (Wildman–Crippen LogP) is 4.37. The minimum Gasteiger partial charge on any atom is -0.496 e. The van der Waals surface area contributed by atoms with E-state index in [1.165, 1.54) is 24.0 Å². The monoisotopic (exact) mass is 284 g/mol. The molecule has 1 rings (SSSR count). The van der Waals surface area contributed by atoms with Crippen LogP contribution in [0.25, 0.3) is 0 Å². The lowest BCUT2D eigenvalue weighted by molar-refractivity contribution is 0.409. The van der Waals surface area contributed by atoms with Crippen molar-refractivity contribution in [2.45, 2.75) is 39.0 Å². The number of unbranched alkanes of at least 4 members (excludes halogenated alkanes) is 1. The van der Waals surface area contributed by atoms with Crippen LogP contribution in [0.2, 0.25) is 0 Å². The summed E-state index contributed by atoms with van der Waals surface area (Å²) in [6, 6.07) is 6.65. The van der Waals surface area contributed by atoms with Crippen LogP contribution < -0.4 is 4.74 Å². The highest BCUT2D eigenvalue weighted by Gasteiger charge is 2.04. The molecule has 1 aromatic carbocycles. The average Bonchev–Trinajstić information content (AvgIpc) is 2.34. The third-order valence-electron chi connectivity index (χ3n) is 2.75. The van der Waals surface area contributed by atoms with Crippen LogP contribution in [0, 0.1) is 0 Å². The minimum atomic E-state index is 1.05. The van der Waals surface area contributed by atoms with Crippen LogP contribution in [0.5, 0.6) is 5.75 Å². The van der Waals surface area contributed by atoms with E-state index in [-0.39, 0.29) is 0 Å². The van der Waals surface area contributed by atoms with Crippen molar-refractivity contribution >= 4 is 15.9 Å². The van der Waals surface area contributed by atoms with E-state index in [0.717, 1.165) is 30.3 Å². The Kier molecular flexibility index (Phi) is 6.55. The van der Waals surface area contributed by atoms with Gasteiger partial charge < -0.3 is 4.74 Å². The number of methoxy groups -OCH3 is 1. The summed E-state index contributed by atoms with van der Waals surface area (Å²) in [7, 11) is 1.76. The first-order valence-electron chi connectivity index (χ1n) is 6.03. The summed E-state index contributed by atoms with van der Waals surface area (Å²) < 4.78 is 5.45. The molecule has 0 heterocycles. The molecular formula is C14H21BrO. The SMILES string of the molecule is CCCCc1ccc(CCCBr)c(OC)c1. The zero-order chi connectivity index (χ0) is 11.8. The van der Waals surface area contributed by atoms with Gasteiger partial charge in [0.05, 0.1) is 7.11 Å². The van der Waals surface area contributed by atoms with Crippen molar-refractivity contribution in [2.75, 3.05) is 12.4 Å². The van der Waals surface area contributed by atoms with Crippen LogP contribution in [0.3, 0.4) is 0 Å². The number of rotatable bonds is 7. The fourth-order valence-electron chi connectivity index (χ4n) is 1.79. The molecule has 0 saturated carbocycles. The van der Waals surface area contributed by atoms with Gasteiger partial charge in [0.25, 0.3) is 0 Å². The van der Waals surface area contributed by atoms with Gasteiger partial charge in [0.2, 0.25) is 0 Å². The summed E-state index contributed by atoms with van der Waals surface area (Å²) in [5.74, 6) is 1.05. The van der Waals surface area contributed by atoms with Gasteiger partial charge in [-0.05, 0) is 42.9 Å². The molecular weight excluding hydrogens is 264 g/mol. The van der Waals surface area contributed by atoms with E-state index >= 15 is 0 Å². The molecule has 0 N–H and O–H groups in total. The van der Waals surface area contributed by atoms with Crippen LogP contribution in [0.15, 0.2) is 18.2 Å². The van der Waals surface area contributed by atoms with Crippen molar-refractivity contribution in [3.8, 4) is 5.75 Å². The summed E-state index contributed by atoms with van der Waals surface area (Å²) in [4.78, 5) is 0. The van der Waals surface area contributed by atoms with Crippen molar-refractivity contribution in [3.05, 3.63) is 29.3 Å². The number of hydrogen-bond acceptors (Lipinski definition) is 1. The number of halogens is 1. The predicted molar refractivity (Wildman–Crippen MR) is 73.7 cm³/mol. The molecule has 0 saturated heterocycles. The Morgan fingerprint density at radius 3 is 2.62 bits per heavy atom. The van der Waals surface area contributed by atoms with Crippen molar-refractivity contribution in [1.82, 2.24) is 0 Å². The zero-order valence-corrected chi connectivity index (χ0v) is 11.8. The van der Waals surface area contributed by atoms with E-state index in [1.807, 2.05) is 0 Å². The van der Waals surface area contributed by atoms with E-state index < -0.39 is 0 Å². The van der Waals surface area contributed by atoms with Crippen molar-refractivity contribution in [3.63, 3.8) is 0 Å². The van der Waals surface area contributed by atoms with Crippen molar-refractivity contribution in [2.24, 2.45) is 0 Å². The highest BCUT2D eigenvalue weighted by Crippen LogP contribution is 2.22. The number of benzene rings is 1. The van der Waals surface area contributed by atoms with Gasteiger partial charge in [-0.25, -0.2) is 0 Å². The van der Waals surface area contributed by atoms with Gasteiger partial charge in [0, 0.05) is 5.33 Å². The second-order valence-corrected chi connectivity index (χ2v) is 4.84. The lowest BCUT2D eigenvalue weighted by Gasteiger charge is -2.10. The lowest BCUT2D eigenvalue weighted by atomic mass is 10.0. The molecule has 0 aliphatic heterocycles. The zero-order valence-electron chi connectivity index (χ0n) is 10.3. The quantitative estimate of drug-likeness (QED) is 0.676. The van der Waals surface area contributed by atoms with Gasteiger partial charge >= 0.3 is 0 Å². The first-order valence-corrected chi connectivity index (χ1v) is 7.15. The minimum absolute atomic E-state index is 1.05. The molecule has 0 amide bonds. The van der Waals surface area contributed by atoms with Crippen LogP contribution >= 0.6 is 15.9 Å². The summed E-state index contributed by atoms with van der Waals surface area (Å²) in [5, 5.41) is 1.05. The molecule has 0 aliphatic carbocycles. The standard InChI is InChI=1S/C14H21BrO/c1-3-4-6-12-8-9-13(7-5-10-15)14(11-12)16-2/h8-9,11H,3-7,10H2,1-2H3. The molecule has 0 unspecified atom stereocenters. The fraction of sp³-hybridized carbons (Fsp3) is 0.571. The van der Waals surface area contributed by atoms with Gasteiger partial charge in [-0.3, -0.25) is 0 Å². The molecule has 0 fully saturated rings. The molecule has 0 radical (unpaired) electrons. The molecule has 0 aromatic heterocycles. The number of ether oxygens (including phenoxy) is 1. The maximum atomic E-state index is 5.45. The molecule has 1 nitrogen and oxygen atoms in total. The van der Waals surface area contributed by atoms with Gasteiger partial charge in [-0.15, -0.1) is 0 Å². The van der Waals surface area contributed by atoms with Crippen molar-refractivity contribution < 1.29 is 4.74 Å². The highest BCUT2D eigenvalue weighted by molar-refractivity contribution is 9.09. The molecule has 0 spiro atoms. The van der Waals surface area contributed by atoms with E-state index in [2.05, 4.69) is 41.1 Å². The van der Waals surface area contributed by atoms with Gasteiger partial charge in [0.15, 0.2) is 0 Å². The summed E-state index contributed by atoms with van der Waals surface area (Å²) in [6.45, 7) is 2.22. The Morgan fingerprint density at radius 2 is 2.00 bits per heavy atom. The first-order chi connectivity index (χ1) is 7.81. The second-order valence-electron chi connectivity index (χ2n) is 4.04.